The van der Waals surface area contributed by atoms with Crippen LogP contribution in [-0.4, -0.2) is 6.10 Å². The Kier molecular flexibility index (Phi) is 4.61. The van der Waals surface area contributed by atoms with Crippen molar-refractivity contribution in [2.24, 2.45) is 0 Å². The summed E-state index contributed by atoms with van der Waals surface area (Å²) in [7, 11) is 0. The molecule has 0 spiro atoms. The quantitative estimate of drug-likeness (QED) is 0.733. The van der Waals surface area contributed by atoms with Gasteiger partial charge in [-0.3, -0.25) is 0 Å². The highest BCUT2D eigenvalue weighted by atomic mass is 16.5. The van der Waals surface area contributed by atoms with Crippen LogP contribution >= 0.6 is 0 Å². The first-order valence-electron chi connectivity index (χ1n) is 6.96. The third kappa shape index (κ3) is 3.85. The van der Waals surface area contributed by atoms with Gasteiger partial charge in [-0.15, -0.1) is 0 Å². The predicted molar refractivity (Wildman–Crippen MR) is 72.2 cm³/mol. The van der Waals surface area contributed by atoms with Crippen molar-refractivity contribution in [1.29, 1.82) is 0 Å². The van der Waals surface area contributed by atoms with Crippen LogP contribution in [0.5, 0.6) is 0 Å². The van der Waals surface area contributed by atoms with Crippen molar-refractivity contribution in [3.63, 3.8) is 0 Å². The molecule has 1 heteroatoms. The van der Waals surface area contributed by atoms with E-state index in [4.69, 9.17) is 4.74 Å². The second kappa shape index (κ2) is 6.20. The minimum atomic E-state index is 0.313. The van der Waals surface area contributed by atoms with Crippen molar-refractivity contribution >= 4 is 0 Å². The highest BCUT2D eigenvalue weighted by molar-refractivity contribution is 5.25. The van der Waals surface area contributed by atoms with Crippen molar-refractivity contribution in [2.45, 2.75) is 64.6 Å². The third-order valence-corrected chi connectivity index (χ3v) is 3.64. The molecule has 0 bridgehead atoms. The summed E-state index contributed by atoms with van der Waals surface area (Å²) >= 11 is 0. The van der Waals surface area contributed by atoms with Crippen LogP contribution in [0, 0.1) is 0 Å². The van der Waals surface area contributed by atoms with Gasteiger partial charge in [-0.2, -0.15) is 0 Å². The van der Waals surface area contributed by atoms with Gasteiger partial charge in [0.1, 0.15) is 0 Å². The molecule has 0 saturated heterocycles. The smallest absolute Gasteiger partial charge is 0.0720 e. The molecule has 0 radical (unpaired) electrons. The van der Waals surface area contributed by atoms with Crippen molar-refractivity contribution in [1.82, 2.24) is 0 Å². The summed E-state index contributed by atoms with van der Waals surface area (Å²) < 4.78 is 5.61. The highest BCUT2D eigenvalue weighted by Gasteiger charge is 2.14. The molecule has 0 amide bonds. The molecule has 1 saturated carbocycles. The van der Waals surface area contributed by atoms with E-state index in [9.17, 15) is 0 Å². The number of benzene rings is 1. The Balaban J connectivity index is 1.92. The minimum absolute atomic E-state index is 0.313. The molecule has 0 N–H and O–H groups in total. The average molecular weight is 232 g/mol. The van der Waals surface area contributed by atoms with E-state index in [1.807, 2.05) is 0 Å². The molecule has 0 aromatic heterocycles. The van der Waals surface area contributed by atoms with Gasteiger partial charge in [0.15, 0.2) is 0 Å². The van der Waals surface area contributed by atoms with Crippen LogP contribution in [-0.2, 0) is 11.3 Å². The highest BCUT2D eigenvalue weighted by Crippen LogP contribution is 2.32. The summed E-state index contributed by atoms with van der Waals surface area (Å²) in [6, 6.07) is 9.06. The molecule has 1 nitrogen and oxygen atoms in total. The topological polar surface area (TPSA) is 9.23 Å². The zero-order valence-electron chi connectivity index (χ0n) is 11.1. The second-order valence-electron chi connectivity index (χ2n) is 5.44. The Morgan fingerprint density at radius 1 is 1.06 bits per heavy atom. The fourth-order valence-electron chi connectivity index (χ4n) is 2.58. The summed E-state index contributed by atoms with van der Waals surface area (Å²) in [5, 5.41) is 0. The first kappa shape index (κ1) is 12.6. The first-order chi connectivity index (χ1) is 8.25. The molecule has 2 rings (SSSR count). The van der Waals surface area contributed by atoms with Crippen LogP contribution < -0.4 is 0 Å². The van der Waals surface area contributed by atoms with Gasteiger partial charge in [-0.1, -0.05) is 43.5 Å². The van der Waals surface area contributed by atoms with Gasteiger partial charge in [-0.25, -0.2) is 0 Å². The molecular formula is C16H24O. The van der Waals surface area contributed by atoms with Gasteiger partial charge in [0.2, 0.25) is 0 Å². The van der Waals surface area contributed by atoms with Crippen molar-refractivity contribution in [2.75, 3.05) is 0 Å². The third-order valence-electron chi connectivity index (χ3n) is 3.64. The lowest BCUT2D eigenvalue weighted by Gasteiger charge is -2.22. The number of hydrogen-bond acceptors (Lipinski definition) is 1. The van der Waals surface area contributed by atoms with Gasteiger partial charge in [-0.05, 0) is 43.7 Å². The maximum absolute atomic E-state index is 5.61. The molecule has 1 fully saturated rings. The van der Waals surface area contributed by atoms with Crippen LogP contribution in [0.3, 0.4) is 0 Å². The van der Waals surface area contributed by atoms with Gasteiger partial charge >= 0.3 is 0 Å². The summed E-state index contributed by atoms with van der Waals surface area (Å²) in [4.78, 5) is 0. The number of hydrogen-bond donors (Lipinski definition) is 0. The fraction of sp³-hybridized carbons (Fsp3) is 0.625. The minimum Gasteiger partial charge on any atom is -0.374 e. The molecule has 0 atom stereocenters. The normalized spacial score (nSPS) is 17.6. The molecule has 1 aromatic rings. The van der Waals surface area contributed by atoms with Gasteiger partial charge in [0.25, 0.3) is 0 Å². The van der Waals surface area contributed by atoms with Crippen molar-refractivity contribution in [3.8, 4) is 0 Å². The summed E-state index contributed by atoms with van der Waals surface area (Å²) in [5.41, 5.74) is 2.82. The lowest BCUT2D eigenvalue weighted by molar-refractivity contribution is 0.0657. The summed E-state index contributed by atoms with van der Waals surface area (Å²) in [6.07, 6.45) is 7.31. The molecule has 94 valence electrons. The van der Waals surface area contributed by atoms with Gasteiger partial charge in [0.05, 0.1) is 12.7 Å². The number of ether oxygens (including phenoxy) is 1. The second-order valence-corrected chi connectivity index (χ2v) is 5.44. The zero-order chi connectivity index (χ0) is 12.1. The Morgan fingerprint density at radius 2 is 1.71 bits per heavy atom. The van der Waals surface area contributed by atoms with Crippen LogP contribution in [0.25, 0.3) is 0 Å². The van der Waals surface area contributed by atoms with E-state index in [1.165, 1.54) is 43.2 Å². The van der Waals surface area contributed by atoms with Crippen LogP contribution in [0.15, 0.2) is 24.3 Å². The van der Waals surface area contributed by atoms with Crippen LogP contribution in [0.2, 0.25) is 0 Å². The largest absolute Gasteiger partial charge is 0.374 e. The summed E-state index contributed by atoms with van der Waals surface area (Å²) in [6.45, 7) is 4.90. The van der Waals surface area contributed by atoms with Crippen LogP contribution in [0.1, 0.15) is 63.0 Å². The molecule has 1 aromatic carbocycles. The van der Waals surface area contributed by atoms with E-state index in [0.717, 1.165) is 12.5 Å². The molecule has 1 aliphatic carbocycles. The Bertz CT molecular complexity index is 320. The molecular weight excluding hydrogens is 208 g/mol. The maximum atomic E-state index is 5.61. The van der Waals surface area contributed by atoms with E-state index >= 15 is 0 Å². The Morgan fingerprint density at radius 3 is 2.29 bits per heavy atom. The standard InChI is InChI=1S/C16H24O/c1-13(2)17-12-14-8-10-16(11-9-14)15-6-4-3-5-7-15/h8-11,13,15H,3-7,12H2,1-2H3. The molecule has 0 unspecified atom stereocenters. The fourth-order valence-corrected chi connectivity index (χ4v) is 2.58. The van der Waals surface area contributed by atoms with E-state index < -0.39 is 0 Å². The van der Waals surface area contributed by atoms with Gasteiger partial charge in [0, 0.05) is 0 Å². The van der Waals surface area contributed by atoms with Gasteiger partial charge < -0.3 is 4.74 Å². The summed E-state index contributed by atoms with van der Waals surface area (Å²) in [5.74, 6) is 0.809. The zero-order valence-corrected chi connectivity index (χ0v) is 11.1. The lowest BCUT2D eigenvalue weighted by Crippen LogP contribution is -2.05. The maximum Gasteiger partial charge on any atom is 0.0720 e. The monoisotopic (exact) mass is 232 g/mol. The molecule has 0 aliphatic heterocycles. The molecule has 17 heavy (non-hydrogen) atoms. The Hall–Kier alpha value is -0.820. The van der Waals surface area contributed by atoms with E-state index in [-0.39, 0.29) is 0 Å². The van der Waals surface area contributed by atoms with E-state index in [1.54, 1.807) is 0 Å². The lowest BCUT2D eigenvalue weighted by atomic mass is 9.84. The molecule has 0 heterocycles. The first-order valence-corrected chi connectivity index (χ1v) is 6.96. The van der Waals surface area contributed by atoms with Crippen molar-refractivity contribution in [3.05, 3.63) is 35.4 Å². The molecule has 1 aliphatic rings. The number of rotatable bonds is 4. The van der Waals surface area contributed by atoms with E-state index in [0.29, 0.717) is 6.10 Å². The van der Waals surface area contributed by atoms with Crippen LogP contribution in [0.4, 0.5) is 0 Å². The van der Waals surface area contributed by atoms with Crippen molar-refractivity contribution < 1.29 is 4.74 Å². The SMILES string of the molecule is CC(C)OCc1ccc(C2CCCCC2)cc1. The average Bonchev–Trinajstić information content (AvgIpc) is 2.38. The van der Waals surface area contributed by atoms with E-state index in [2.05, 4.69) is 38.1 Å². The predicted octanol–water partition coefficient (Wildman–Crippen LogP) is 4.66. The Labute approximate surface area is 105 Å².